The van der Waals surface area contributed by atoms with Crippen LogP contribution in [0.2, 0.25) is 0 Å². The molecule has 1 aromatic heterocycles. The summed E-state index contributed by atoms with van der Waals surface area (Å²) in [7, 11) is 0. The fourth-order valence-corrected chi connectivity index (χ4v) is 3.60. The summed E-state index contributed by atoms with van der Waals surface area (Å²) in [6.45, 7) is -0.845. The number of carboxylic acids is 2. The lowest BCUT2D eigenvalue weighted by Gasteiger charge is -2.23. The molecule has 0 spiro atoms. The summed E-state index contributed by atoms with van der Waals surface area (Å²) in [5.41, 5.74) is 7.07. The zero-order chi connectivity index (χ0) is 26.8. The van der Waals surface area contributed by atoms with Gasteiger partial charge in [0.05, 0.1) is 12.6 Å². The van der Waals surface area contributed by atoms with Gasteiger partial charge in [-0.1, -0.05) is 18.2 Å². The lowest BCUT2D eigenvalue weighted by atomic mass is 10.0. The van der Waals surface area contributed by atoms with Gasteiger partial charge in [-0.25, -0.2) is 4.79 Å². The lowest BCUT2D eigenvalue weighted by Crippen LogP contribution is -2.58. The monoisotopic (exact) mass is 523 g/mol. The Balaban J connectivity index is 2.01. The zero-order valence-electron chi connectivity index (χ0n) is 19.1. The number of aliphatic carboxylic acids is 2. The molecule has 1 heterocycles. The van der Waals surface area contributed by atoms with Crippen LogP contribution in [0, 0.1) is 0 Å². The van der Waals surface area contributed by atoms with Crippen LogP contribution in [0.1, 0.15) is 18.4 Å². The van der Waals surface area contributed by atoms with Crippen molar-refractivity contribution in [1.29, 1.82) is 0 Å². The summed E-state index contributed by atoms with van der Waals surface area (Å²) >= 11 is 3.99. The minimum atomic E-state index is -1.51. The molecule has 0 aliphatic carbocycles. The first-order chi connectivity index (χ1) is 17.1. The van der Waals surface area contributed by atoms with Crippen LogP contribution in [-0.2, 0) is 30.4 Å². The summed E-state index contributed by atoms with van der Waals surface area (Å²) < 4.78 is 0. The van der Waals surface area contributed by atoms with Crippen molar-refractivity contribution < 1.29 is 39.3 Å². The average Bonchev–Trinajstić information content (AvgIpc) is 3.26. The summed E-state index contributed by atoms with van der Waals surface area (Å²) in [6.07, 6.45) is 1.08. The number of aliphatic hydroxyl groups excluding tert-OH is 1. The summed E-state index contributed by atoms with van der Waals surface area (Å²) in [4.78, 5) is 62.8. The number of fused-ring (bicyclic) bond motifs is 1. The number of thiol groups is 1. The van der Waals surface area contributed by atoms with Crippen molar-refractivity contribution in [2.24, 2.45) is 5.73 Å². The summed E-state index contributed by atoms with van der Waals surface area (Å²) in [5, 5.41) is 35.6. The van der Waals surface area contributed by atoms with Gasteiger partial charge in [0.2, 0.25) is 17.7 Å². The molecule has 0 bridgehead atoms. The maximum absolute atomic E-state index is 12.7. The van der Waals surface area contributed by atoms with Crippen molar-refractivity contribution in [2.45, 2.75) is 43.4 Å². The summed E-state index contributed by atoms with van der Waals surface area (Å²) in [6, 6.07) is 1.93. The first-order valence-corrected chi connectivity index (χ1v) is 11.6. The van der Waals surface area contributed by atoms with Crippen LogP contribution in [0.25, 0.3) is 10.9 Å². The molecular weight excluding hydrogens is 494 g/mol. The number of para-hydroxylation sites is 1. The van der Waals surface area contributed by atoms with E-state index >= 15 is 0 Å². The molecular formula is C22H29N5O8S. The predicted octanol–water partition coefficient (Wildman–Crippen LogP) is -1.64. The highest BCUT2D eigenvalue weighted by atomic mass is 32.1. The van der Waals surface area contributed by atoms with E-state index in [9.17, 15) is 34.2 Å². The fourth-order valence-electron chi connectivity index (χ4n) is 3.34. The molecule has 0 aliphatic rings. The Morgan fingerprint density at radius 2 is 1.56 bits per heavy atom. The maximum atomic E-state index is 12.7. The molecule has 14 heteroatoms. The Bertz CT molecular complexity index is 1110. The van der Waals surface area contributed by atoms with Crippen LogP contribution < -0.4 is 21.7 Å². The van der Waals surface area contributed by atoms with Crippen molar-refractivity contribution >= 4 is 53.2 Å². The van der Waals surface area contributed by atoms with Gasteiger partial charge in [-0.3, -0.25) is 19.2 Å². The minimum Gasteiger partial charge on any atom is -0.481 e. The van der Waals surface area contributed by atoms with Crippen LogP contribution in [0.5, 0.6) is 0 Å². The minimum absolute atomic E-state index is 0.0548. The van der Waals surface area contributed by atoms with E-state index in [0.717, 1.165) is 10.9 Å². The van der Waals surface area contributed by atoms with E-state index in [4.69, 9.17) is 10.8 Å². The first kappa shape index (κ1) is 28.6. The molecule has 0 saturated heterocycles. The van der Waals surface area contributed by atoms with Gasteiger partial charge in [-0.2, -0.15) is 12.6 Å². The SMILES string of the molecule is NC(CCC(=O)O)C(=O)NC(CS)C(=O)NC(CO)C(=O)NC(Cc1c[nH]c2ccccc12)C(=O)O. The first-order valence-electron chi connectivity index (χ1n) is 10.9. The Morgan fingerprint density at radius 1 is 0.944 bits per heavy atom. The van der Waals surface area contributed by atoms with Gasteiger partial charge < -0.3 is 42.0 Å². The second-order valence-electron chi connectivity index (χ2n) is 7.99. The van der Waals surface area contributed by atoms with Gasteiger partial charge in [-0.15, -0.1) is 0 Å². The van der Waals surface area contributed by atoms with Crippen molar-refractivity contribution in [3.63, 3.8) is 0 Å². The van der Waals surface area contributed by atoms with Crippen molar-refractivity contribution in [3.05, 3.63) is 36.0 Å². The zero-order valence-corrected chi connectivity index (χ0v) is 20.0. The largest absolute Gasteiger partial charge is 0.481 e. The second kappa shape index (κ2) is 13.5. The van der Waals surface area contributed by atoms with E-state index < -0.39 is 60.4 Å². The maximum Gasteiger partial charge on any atom is 0.326 e. The Kier molecular flexibility index (Phi) is 10.7. The third kappa shape index (κ3) is 7.96. The van der Waals surface area contributed by atoms with Crippen LogP contribution in [0.15, 0.2) is 30.5 Å². The second-order valence-corrected chi connectivity index (χ2v) is 8.35. The summed E-state index contributed by atoms with van der Waals surface area (Å²) in [5.74, 6) is -5.25. The highest BCUT2D eigenvalue weighted by Crippen LogP contribution is 2.19. The van der Waals surface area contributed by atoms with E-state index in [-0.39, 0.29) is 25.0 Å². The van der Waals surface area contributed by atoms with Crippen molar-refractivity contribution in [3.8, 4) is 0 Å². The van der Waals surface area contributed by atoms with Crippen LogP contribution in [0.3, 0.4) is 0 Å². The molecule has 2 rings (SSSR count). The highest BCUT2D eigenvalue weighted by molar-refractivity contribution is 7.80. The number of carboxylic acid groups (broad SMARTS) is 2. The molecule has 0 radical (unpaired) electrons. The van der Waals surface area contributed by atoms with Crippen LogP contribution >= 0.6 is 12.6 Å². The third-order valence-corrected chi connectivity index (χ3v) is 5.72. The van der Waals surface area contributed by atoms with Gasteiger partial charge >= 0.3 is 11.9 Å². The molecule has 4 atom stereocenters. The van der Waals surface area contributed by atoms with Gasteiger partial charge in [0.15, 0.2) is 0 Å². The van der Waals surface area contributed by atoms with E-state index in [1.54, 1.807) is 18.3 Å². The Morgan fingerprint density at radius 3 is 2.17 bits per heavy atom. The number of nitrogens with one attached hydrogen (secondary N) is 4. The number of hydrogen-bond donors (Lipinski definition) is 9. The number of amides is 3. The molecule has 9 N–H and O–H groups in total. The van der Waals surface area contributed by atoms with Crippen molar-refractivity contribution in [2.75, 3.05) is 12.4 Å². The quantitative estimate of drug-likeness (QED) is 0.129. The standard InChI is InChI=1S/C22H29N5O8S/c23-13(5-6-18(29)30)19(31)27-17(10-36)21(33)26-16(9-28)20(32)25-15(22(34)35)7-11-8-24-14-4-2-1-3-12(11)14/h1-4,8,13,15-17,24,28,36H,5-7,9-10,23H2,(H,25,32)(H,26,33)(H,27,31)(H,29,30)(H,34,35). The highest BCUT2D eigenvalue weighted by Gasteiger charge is 2.30. The van der Waals surface area contributed by atoms with Gasteiger partial charge in [0, 0.05) is 35.7 Å². The number of nitrogens with two attached hydrogens (primary N) is 1. The molecule has 2 aromatic rings. The lowest BCUT2D eigenvalue weighted by molar-refractivity contribution is -0.142. The number of aliphatic hydroxyl groups is 1. The topological polar surface area (TPSA) is 224 Å². The average molecular weight is 524 g/mol. The molecule has 0 aliphatic heterocycles. The molecule has 0 saturated carbocycles. The van der Waals surface area contributed by atoms with Gasteiger partial charge in [0.25, 0.3) is 0 Å². The number of hydrogen-bond acceptors (Lipinski definition) is 8. The molecule has 13 nitrogen and oxygen atoms in total. The molecule has 0 fully saturated rings. The molecule has 1 aromatic carbocycles. The predicted molar refractivity (Wildman–Crippen MR) is 131 cm³/mol. The number of rotatable bonds is 14. The molecule has 3 amide bonds. The van der Waals surface area contributed by atoms with E-state index in [2.05, 4.69) is 33.6 Å². The molecule has 196 valence electrons. The fraction of sp³-hybridized carbons (Fsp3) is 0.409. The number of carbonyl (C=O) groups excluding carboxylic acids is 3. The normalized spacial score (nSPS) is 14.3. The number of aromatic nitrogens is 1. The van der Waals surface area contributed by atoms with Crippen LogP contribution in [0.4, 0.5) is 0 Å². The number of carbonyl (C=O) groups is 5. The number of H-pyrrole nitrogens is 1. The van der Waals surface area contributed by atoms with E-state index in [0.29, 0.717) is 5.56 Å². The Labute approximate surface area is 211 Å². The smallest absolute Gasteiger partial charge is 0.326 e. The third-order valence-electron chi connectivity index (χ3n) is 5.35. The van der Waals surface area contributed by atoms with Crippen LogP contribution in [-0.4, -0.2) is 86.5 Å². The molecule has 36 heavy (non-hydrogen) atoms. The number of benzene rings is 1. The molecule has 4 unspecified atom stereocenters. The van der Waals surface area contributed by atoms with E-state index in [1.807, 2.05) is 12.1 Å². The van der Waals surface area contributed by atoms with Gasteiger partial charge in [0.1, 0.15) is 18.1 Å². The van der Waals surface area contributed by atoms with Crippen molar-refractivity contribution in [1.82, 2.24) is 20.9 Å². The van der Waals surface area contributed by atoms with Gasteiger partial charge in [-0.05, 0) is 18.1 Å². The number of aromatic amines is 1. The van der Waals surface area contributed by atoms with E-state index in [1.165, 1.54) is 0 Å². The Hall–Kier alpha value is -3.62.